The van der Waals surface area contributed by atoms with Gasteiger partial charge in [-0.15, -0.1) is 0 Å². The standard InChI is InChI=1S/C12H13NO5S/c14-11-5-4-9(8-10(11)12(15)16)19(17,18)13-6-2-1-3-7-13/h1-2,4-5,8,14H,3,6-7H2,(H,15,16). The van der Waals surface area contributed by atoms with Crippen LogP contribution in [0.5, 0.6) is 5.75 Å². The Kier molecular flexibility index (Phi) is 3.59. The summed E-state index contributed by atoms with van der Waals surface area (Å²) in [5.41, 5.74) is -0.423. The molecule has 0 atom stereocenters. The van der Waals surface area contributed by atoms with Gasteiger partial charge in [-0.25, -0.2) is 13.2 Å². The van der Waals surface area contributed by atoms with E-state index < -0.39 is 27.3 Å². The van der Waals surface area contributed by atoms with Gasteiger partial charge in [0.15, 0.2) is 0 Å². The SMILES string of the molecule is O=C(O)c1cc(S(=O)(=O)N2CC=CCC2)ccc1O. The summed E-state index contributed by atoms with van der Waals surface area (Å²) in [5, 5.41) is 18.3. The van der Waals surface area contributed by atoms with Gasteiger partial charge in [-0.05, 0) is 24.6 Å². The number of carboxylic acid groups (broad SMARTS) is 1. The van der Waals surface area contributed by atoms with E-state index in [9.17, 15) is 18.3 Å². The van der Waals surface area contributed by atoms with Crippen LogP contribution in [0.15, 0.2) is 35.2 Å². The van der Waals surface area contributed by atoms with Crippen LogP contribution in [0.4, 0.5) is 0 Å². The summed E-state index contributed by atoms with van der Waals surface area (Å²) in [6.07, 6.45) is 4.27. The molecule has 1 aromatic carbocycles. The van der Waals surface area contributed by atoms with Gasteiger partial charge >= 0.3 is 5.97 Å². The Morgan fingerprint density at radius 3 is 2.58 bits per heavy atom. The van der Waals surface area contributed by atoms with Gasteiger partial charge in [-0.1, -0.05) is 12.2 Å². The van der Waals surface area contributed by atoms with Crippen LogP contribution in [-0.2, 0) is 10.0 Å². The van der Waals surface area contributed by atoms with Crippen molar-refractivity contribution in [3.63, 3.8) is 0 Å². The molecule has 0 radical (unpaired) electrons. The number of carboxylic acids is 1. The number of benzene rings is 1. The van der Waals surface area contributed by atoms with E-state index in [1.54, 1.807) is 6.08 Å². The number of rotatable bonds is 3. The third kappa shape index (κ3) is 2.61. The van der Waals surface area contributed by atoms with E-state index in [0.29, 0.717) is 13.0 Å². The normalized spacial score (nSPS) is 16.4. The highest BCUT2D eigenvalue weighted by atomic mass is 32.2. The summed E-state index contributed by atoms with van der Waals surface area (Å²) in [6.45, 7) is 0.633. The molecule has 7 heteroatoms. The molecule has 0 aromatic heterocycles. The molecule has 19 heavy (non-hydrogen) atoms. The minimum absolute atomic E-state index is 0.127. The molecule has 2 N–H and O–H groups in total. The van der Waals surface area contributed by atoms with E-state index in [1.807, 2.05) is 6.08 Å². The summed E-state index contributed by atoms with van der Waals surface area (Å²) in [6, 6.07) is 3.26. The first-order chi connectivity index (χ1) is 8.93. The van der Waals surface area contributed by atoms with Gasteiger partial charge < -0.3 is 10.2 Å². The monoisotopic (exact) mass is 283 g/mol. The minimum atomic E-state index is -3.73. The van der Waals surface area contributed by atoms with Crippen LogP contribution < -0.4 is 0 Å². The van der Waals surface area contributed by atoms with Gasteiger partial charge in [0.05, 0.1) is 4.90 Å². The molecule has 0 aliphatic carbocycles. The molecule has 0 unspecified atom stereocenters. The predicted octanol–water partition coefficient (Wildman–Crippen LogP) is 1.04. The zero-order chi connectivity index (χ0) is 14.0. The largest absolute Gasteiger partial charge is 0.507 e. The quantitative estimate of drug-likeness (QED) is 0.808. The first-order valence-electron chi connectivity index (χ1n) is 5.64. The van der Waals surface area contributed by atoms with Crippen molar-refractivity contribution in [2.75, 3.05) is 13.1 Å². The Bertz CT molecular complexity index is 636. The van der Waals surface area contributed by atoms with E-state index in [0.717, 1.165) is 12.1 Å². The van der Waals surface area contributed by atoms with Crippen LogP contribution in [0.3, 0.4) is 0 Å². The maximum Gasteiger partial charge on any atom is 0.339 e. The van der Waals surface area contributed by atoms with Crippen LogP contribution in [0.25, 0.3) is 0 Å². The number of hydrogen-bond donors (Lipinski definition) is 2. The van der Waals surface area contributed by atoms with Gasteiger partial charge in [0.1, 0.15) is 11.3 Å². The first kappa shape index (κ1) is 13.6. The van der Waals surface area contributed by atoms with Crippen LogP contribution in [-0.4, -0.2) is 42.0 Å². The topological polar surface area (TPSA) is 94.9 Å². The van der Waals surface area contributed by atoms with Gasteiger partial charge in [-0.3, -0.25) is 0 Å². The fourth-order valence-corrected chi connectivity index (χ4v) is 3.27. The van der Waals surface area contributed by atoms with Gasteiger partial charge in [0.2, 0.25) is 10.0 Å². The fraction of sp³-hybridized carbons (Fsp3) is 0.250. The molecule has 6 nitrogen and oxygen atoms in total. The number of aromatic carboxylic acids is 1. The molecule has 1 heterocycles. The van der Waals surface area contributed by atoms with Crippen molar-refractivity contribution < 1.29 is 23.4 Å². The molecule has 0 amide bonds. The van der Waals surface area contributed by atoms with Crippen LogP contribution in [0, 0.1) is 0 Å². The predicted molar refractivity (Wildman–Crippen MR) is 67.6 cm³/mol. The summed E-state index contributed by atoms with van der Waals surface area (Å²) in [7, 11) is -3.73. The van der Waals surface area contributed by atoms with Crippen LogP contribution in [0.1, 0.15) is 16.8 Å². The van der Waals surface area contributed by atoms with E-state index in [1.165, 1.54) is 10.4 Å². The smallest absolute Gasteiger partial charge is 0.339 e. The minimum Gasteiger partial charge on any atom is -0.507 e. The second kappa shape index (κ2) is 5.02. The molecule has 0 fully saturated rings. The second-order valence-electron chi connectivity index (χ2n) is 4.11. The maximum atomic E-state index is 12.3. The average Bonchev–Trinajstić information content (AvgIpc) is 2.39. The van der Waals surface area contributed by atoms with E-state index in [4.69, 9.17) is 5.11 Å². The number of aromatic hydroxyl groups is 1. The van der Waals surface area contributed by atoms with Crippen molar-refractivity contribution in [1.29, 1.82) is 0 Å². The van der Waals surface area contributed by atoms with Crippen molar-refractivity contribution in [3.05, 3.63) is 35.9 Å². The summed E-state index contributed by atoms with van der Waals surface area (Å²) >= 11 is 0. The van der Waals surface area contributed by atoms with E-state index >= 15 is 0 Å². The number of nitrogens with zero attached hydrogens (tertiary/aromatic N) is 1. The van der Waals surface area contributed by atoms with Crippen LogP contribution >= 0.6 is 0 Å². The van der Waals surface area contributed by atoms with E-state index in [2.05, 4.69) is 0 Å². The van der Waals surface area contributed by atoms with E-state index in [-0.39, 0.29) is 11.4 Å². The van der Waals surface area contributed by atoms with Crippen molar-refractivity contribution in [3.8, 4) is 5.75 Å². The fourth-order valence-electron chi connectivity index (χ4n) is 1.83. The summed E-state index contributed by atoms with van der Waals surface area (Å²) < 4.78 is 25.9. The second-order valence-corrected chi connectivity index (χ2v) is 6.05. The lowest BCUT2D eigenvalue weighted by atomic mass is 10.2. The number of sulfonamides is 1. The van der Waals surface area contributed by atoms with Gasteiger partial charge in [0, 0.05) is 13.1 Å². The van der Waals surface area contributed by atoms with Crippen LogP contribution in [0.2, 0.25) is 0 Å². The number of carbonyl (C=O) groups is 1. The zero-order valence-electron chi connectivity index (χ0n) is 9.98. The Morgan fingerprint density at radius 1 is 1.26 bits per heavy atom. The lowest BCUT2D eigenvalue weighted by molar-refractivity contribution is 0.0693. The maximum absolute atomic E-state index is 12.3. The molecular weight excluding hydrogens is 270 g/mol. The molecule has 1 aromatic rings. The summed E-state index contributed by atoms with van der Waals surface area (Å²) in [4.78, 5) is 10.8. The molecule has 0 saturated heterocycles. The highest BCUT2D eigenvalue weighted by molar-refractivity contribution is 7.89. The molecule has 1 aliphatic heterocycles. The Balaban J connectivity index is 2.43. The number of phenols is 1. The van der Waals surface area contributed by atoms with Crippen molar-refractivity contribution >= 4 is 16.0 Å². The molecule has 102 valence electrons. The highest BCUT2D eigenvalue weighted by Gasteiger charge is 2.26. The van der Waals surface area contributed by atoms with Gasteiger partial charge in [-0.2, -0.15) is 4.31 Å². The average molecular weight is 283 g/mol. The Morgan fingerprint density at radius 2 is 2.00 bits per heavy atom. The zero-order valence-corrected chi connectivity index (χ0v) is 10.8. The van der Waals surface area contributed by atoms with Crippen molar-refractivity contribution in [2.45, 2.75) is 11.3 Å². The third-order valence-electron chi connectivity index (χ3n) is 2.86. The van der Waals surface area contributed by atoms with Gasteiger partial charge in [0.25, 0.3) is 0 Å². The molecule has 0 saturated carbocycles. The molecule has 0 spiro atoms. The number of hydrogen-bond acceptors (Lipinski definition) is 4. The molecule has 2 rings (SSSR count). The van der Waals surface area contributed by atoms with Crippen molar-refractivity contribution in [1.82, 2.24) is 4.31 Å². The molecule has 0 bridgehead atoms. The lowest BCUT2D eigenvalue weighted by Crippen LogP contribution is -2.33. The Labute approximate surface area is 110 Å². The third-order valence-corrected chi connectivity index (χ3v) is 4.72. The first-order valence-corrected chi connectivity index (χ1v) is 7.08. The lowest BCUT2D eigenvalue weighted by Gasteiger charge is -2.22. The highest BCUT2D eigenvalue weighted by Crippen LogP contribution is 2.24. The Hall–Kier alpha value is -1.86. The summed E-state index contributed by atoms with van der Waals surface area (Å²) in [5.74, 6) is -1.82. The molecular formula is C12H13NO5S. The van der Waals surface area contributed by atoms with Crippen molar-refractivity contribution in [2.24, 2.45) is 0 Å². The molecule has 1 aliphatic rings.